The lowest BCUT2D eigenvalue weighted by molar-refractivity contribution is -0.121. The Bertz CT molecular complexity index is 447. The highest BCUT2D eigenvalue weighted by molar-refractivity contribution is 5.76. The predicted molar refractivity (Wildman–Crippen MR) is 75.0 cm³/mol. The molecule has 1 atom stereocenters. The largest absolute Gasteiger partial charge is 0.356 e. The molecule has 0 radical (unpaired) electrons. The lowest BCUT2D eigenvalue weighted by Gasteiger charge is -2.10. The van der Waals surface area contributed by atoms with Crippen molar-refractivity contribution in [3.8, 4) is 0 Å². The number of aryl methyl sites for hydroxylation is 2. The normalized spacial score (nSPS) is 18.8. The molecule has 1 aromatic rings. The summed E-state index contributed by atoms with van der Waals surface area (Å²) in [5.41, 5.74) is 3.50. The SMILES string of the molecule is Cc1nn(C)c(C)c1CCNC(=O)CC1CCCN1. The lowest BCUT2D eigenvalue weighted by Crippen LogP contribution is -2.32. The molecule has 0 aromatic carbocycles. The fourth-order valence-corrected chi connectivity index (χ4v) is 2.73. The van der Waals surface area contributed by atoms with Gasteiger partial charge in [0.2, 0.25) is 5.91 Å². The van der Waals surface area contributed by atoms with E-state index in [9.17, 15) is 4.79 Å². The van der Waals surface area contributed by atoms with Gasteiger partial charge in [0.25, 0.3) is 0 Å². The van der Waals surface area contributed by atoms with Gasteiger partial charge in [-0.2, -0.15) is 5.10 Å². The minimum atomic E-state index is 0.151. The van der Waals surface area contributed by atoms with Crippen molar-refractivity contribution in [3.63, 3.8) is 0 Å². The molecule has 1 unspecified atom stereocenters. The molecular weight excluding hydrogens is 240 g/mol. The van der Waals surface area contributed by atoms with Gasteiger partial charge < -0.3 is 10.6 Å². The van der Waals surface area contributed by atoms with Gasteiger partial charge in [0.15, 0.2) is 0 Å². The Kier molecular flexibility index (Phi) is 4.58. The second kappa shape index (κ2) is 6.19. The molecule has 0 bridgehead atoms. The molecule has 1 saturated heterocycles. The molecule has 1 amide bonds. The summed E-state index contributed by atoms with van der Waals surface area (Å²) in [6, 6.07) is 0.377. The van der Waals surface area contributed by atoms with E-state index in [4.69, 9.17) is 0 Å². The van der Waals surface area contributed by atoms with Crippen molar-refractivity contribution in [3.05, 3.63) is 17.0 Å². The molecule has 0 saturated carbocycles. The van der Waals surface area contributed by atoms with Gasteiger partial charge in [0.05, 0.1) is 5.69 Å². The summed E-state index contributed by atoms with van der Waals surface area (Å²) in [5, 5.41) is 10.7. The van der Waals surface area contributed by atoms with Gasteiger partial charge in [-0.3, -0.25) is 9.48 Å². The van der Waals surface area contributed by atoms with E-state index in [2.05, 4.69) is 22.7 Å². The van der Waals surface area contributed by atoms with Crippen LogP contribution >= 0.6 is 0 Å². The maximum atomic E-state index is 11.8. The summed E-state index contributed by atoms with van der Waals surface area (Å²) in [7, 11) is 1.95. The van der Waals surface area contributed by atoms with E-state index in [1.54, 1.807) is 0 Å². The van der Waals surface area contributed by atoms with Crippen LogP contribution in [0.4, 0.5) is 0 Å². The van der Waals surface area contributed by atoms with Gasteiger partial charge >= 0.3 is 0 Å². The first-order valence-electron chi connectivity index (χ1n) is 7.07. The van der Waals surface area contributed by atoms with E-state index in [0.717, 1.165) is 25.1 Å². The van der Waals surface area contributed by atoms with E-state index >= 15 is 0 Å². The van der Waals surface area contributed by atoms with Crippen LogP contribution < -0.4 is 10.6 Å². The van der Waals surface area contributed by atoms with Crippen molar-refractivity contribution in [1.29, 1.82) is 0 Å². The minimum absolute atomic E-state index is 0.151. The van der Waals surface area contributed by atoms with Crippen LogP contribution in [0.15, 0.2) is 0 Å². The zero-order valence-corrected chi connectivity index (χ0v) is 12.1. The Morgan fingerprint density at radius 3 is 2.89 bits per heavy atom. The number of rotatable bonds is 5. The number of amides is 1. The number of aromatic nitrogens is 2. The Morgan fingerprint density at radius 1 is 1.53 bits per heavy atom. The van der Waals surface area contributed by atoms with Crippen molar-refractivity contribution >= 4 is 5.91 Å². The standard InChI is InChI=1S/C14H24N4O/c1-10-13(11(2)18(3)17-10)6-8-16-14(19)9-12-5-4-7-15-12/h12,15H,4-9H2,1-3H3,(H,16,19). The van der Waals surface area contributed by atoms with Gasteiger partial charge in [-0.05, 0) is 45.2 Å². The van der Waals surface area contributed by atoms with E-state index < -0.39 is 0 Å². The molecular formula is C14H24N4O. The molecule has 5 heteroatoms. The van der Waals surface area contributed by atoms with Crippen molar-refractivity contribution in [1.82, 2.24) is 20.4 Å². The first-order valence-corrected chi connectivity index (χ1v) is 7.07. The molecule has 1 aromatic heterocycles. The zero-order valence-electron chi connectivity index (χ0n) is 12.1. The van der Waals surface area contributed by atoms with Gasteiger partial charge in [0.1, 0.15) is 0 Å². The van der Waals surface area contributed by atoms with Crippen LogP contribution in [0.3, 0.4) is 0 Å². The van der Waals surface area contributed by atoms with E-state index in [-0.39, 0.29) is 5.91 Å². The lowest BCUT2D eigenvalue weighted by atomic mass is 10.1. The fraction of sp³-hybridized carbons (Fsp3) is 0.714. The molecule has 1 aliphatic rings. The number of nitrogens with one attached hydrogen (secondary N) is 2. The summed E-state index contributed by atoms with van der Waals surface area (Å²) in [4.78, 5) is 11.8. The number of carbonyl (C=O) groups excluding carboxylic acids is 1. The molecule has 106 valence electrons. The highest BCUT2D eigenvalue weighted by Gasteiger charge is 2.17. The van der Waals surface area contributed by atoms with Gasteiger partial charge in [-0.15, -0.1) is 0 Å². The van der Waals surface area contributed by atoms with Crippen LogP contribution in [-0.2, 0) is 18.3 Å². The summed E-state index contributed by atoms with van der Waals surface area (Å²) < 4.78 is 1.90. The third kappa shape index (κ3) is 3.56. The van der Waals surface area contributed by atoms with Crippen LogP contribution in [-0.4, -0.2) is 34.8 Å². The van der Waals surface area contributed by atoms with Crippen LogP contribution in [0.2, 0.25) is 0 Å². The summed E-state index contributed by atoms with van der Waals surface area (Å²) in [6.45, 7) is 5.83. The number of carbonyl (C=O) groups is 1. The quantitative estimate of drug-likeness (QED) is 0.828. The molecule has 0 aliphatic carbocycles. The fourth-order valence-electron chi connectivity index (χ4n) is 2.73. The highest BCUT2D eigenvalue weighted by Crippen LogP contribution is 2.12. The van der Waals surface area contributed by atoms with Gasteiger partial charge in [0, 0.05) is 31.7 Å². The maximum absolute atomic E-state index is 11.8. The molecule has 19 heavy (non-hydrogen) atoms. The van der Waals surface area contributed by atoms with Gasteiger partial charge in [-0.25, -0.2) is 0 Å². The van der Waals surface area contributed by atoms with Crippen LogP contribution in [0.1, 0.15) is 36.2 Å². The predicted octanol–water partition coefficient (Wildman–Crippen LogP) is 0.838. The third-order valence-electron chi connectivity index (χ3n) is 3.95. The number of hydrogen-bond acceptors (Lipinski definition) is 3. The second-order valence-corrected chi connectivity index (χ2v) is 5.37. The molecule has 2 N–H and O–H groups in total. The molecule has 1 fully saturated rings. The third-order valence-corrected chi connectivity index (χ3v) is 3.95. The highest BCUT2D eigenvalue weighted by atomic mass is 16.1. The maximum Gasteiger partial charge on any atom is 0.221 e. The van der Waals surface area contributed by atoms with Crippen molar-refractivity contribution in [2.45, 2.75) is 45.6 Å². The minimum Gasteiger partial charge on any atom is -0.356 e. The first kappa shape index (κ1) is 14.1. The topological polar surface area (TPSA) is 59.0 Å². The van der Waals surface area contributed by atoms with Crippen molar-refractivity contribution in [2.75, 3.05) is 13.1 Å². The number of hydrogen-bond donors (Lipinski definition) is 2. The Morgan fingerprint density at radius 2 is 2.32 bits per heavy atom. The smallest absolute Gasteiger partial charge is 0.221 e. The Balaban J connectivity index is 1.75. The van der Waals surface area contributed by atoms with Crippen molar-refractivity contribution in [2.24, 2.45) is 7.05 Å². The molecule has 5 nitrogen and oxygen atoms in total. The van der Waals surface area contributed by atoms with E-state index in [0.29, 0.717) is 19.0 Å². The average molecular weight is 264 g/mol. The molecule has 1 aliphatic heterocycles. The summed E-state index contributed by atoms with van der Waals surface area (Å²) >= 11 is 0. The summed E-state index contributed by atoms with van der Waals surface area (Å²) in [6.07, 6.45) is 3.76. The average Bonchev–Trinajstić information content (AvgIpc) is 2.93. The van der Waals surface area contributed by atoms with Crippen LogP contribution in [0, 0.1) is 13.8 Å². The first-order chi connectivity index (χ1) is 9.08. The zero-order chi connectivity index (χ0) is 13.8. The molecule has 0 spiro atoms. The second-order valence-electron chi connectivity index (χ2n) is 5.37. The van der Waals surface area contributed by atoms with Crippen molar-refractivity contribution < 1.29 is 4.79 Å². The monoisotopic (exact) mass is 264 g/mol. The van der Waals surface area contributed by atoms with E-state index in [1.165, 1.54) is 17.7 Å². The number of nitrogens with zero attached hydrogens (tertiary/aromatic N) is 2. The van der Waals surface area contributed by atoms with Crippen LogP contribution in [0.25, 0.3) is 0 Å². The van der Waals surface area contributed by atoms with Gasteiger partial charge in [-0.1, -0.05) is 0 Å². The summed E-state index contributed by atoms with van der Waals surface area (Å²) in [5.74, 6) is 0.151. The van der Waals surface area contributed by atoms with E-state index in [1.807, 2.05) is 18.7 Å². The molecule has 2 heterocycles. The Labute approximate surface area is 114 Å². The molecule has 2 rings (SSSR count). The Hall–Kier alpha value is -1.36. The van der Waals surface area contributed by atoms with Crippen LogP contribution in [0.5, 0.6) is 0 Å².